The van der Waals surface area contributed by atoms with Gasteiger partial charge in [-0.05, 0) is 5.56 Å². The molecule has 90 valence electrons. The summed E-state index contributed by atoms with van der Waals surface area (Å²) in [6, 6.07) is 9.18. The number of hydrogen-bond acceptors (Lipinski definition) is 1. The Morgan fingerprint density at radius 3 is 2.31 bits per heavy atom. The van der Waals surface area contributed by atoms with Crippen LogP contribution in [0.1, 0.15) is 18.1 Å². The molecule has 1 aromatic rings. The monoisotopic (exact) mass is 296 g/mol. The summed E-state index contributed by atoms with van der Waals surface area (Å²) in [7, 11) is 0. The zero-order valence-corrected chi connectivity index (χ0v) is 10.1. The first kappa shape index (κ1) is 13.5. The molecule has 1 nitrogen and oxygen atoms in total. The molecule has 0 aliphatic rings. The summed E-state index contributed by atoms with van der Waals surface area (Å²) in [5.74, 6) is 0. The fourth-order valence-corrected chi connectivity index (χ4v) is 1.78. The van der Waals surface area contributed by atoms with Gasteiger partial charge >= 0.3 is 6.18 Å². The molecule has 0 heterocycles. The largest absolute Gasteiger partial charge is 0.391 e. The number of ether oxygens (including phenoxy) is 1. The summed E-state index contributed by atoms with van der Waals surface area (Å²) in [4.78, 5) is 0. The lowest BCUT2D eigenvalue weighted by Gasteiger charge is -2.16. The van der Waals surface area contributed by atoms with Crippen LogP contribution in [0.4, 0.5) is 13.2 Å². The highest BCUT2D eigenvalue weighted by molar-refractivity contribution is 9.09. The predicted octanol–water partition coefficient (Wildman–Crippen LogP) is 4.09. The molecule has 0 radical (unpaired) electrons. The van der Waals surface area contributed by atoms with Crippen LogP contribution in [0, 0.1) is 0 Å². The van der Waals surface area contributed by atoms with Crippen LogP contribution in [0.5, 0.6) is 0 Å². The minimum atomic E-state index is -4.16. The van der Waals surface area contributed by atoms with E-state index in [0.717, 1.165) is 5.56 Å². The summed E-state index contributed by atoms with van der Waals surface area (Å²) in [5.41, 5.74) is 0.876. The zero-order chi connectivity index (χ0) is 12.0. The first-order chi connectivity index (χ1) is 7.53. The van der Waals surface area contributed by atoms with Crippen molar-refractivity contribution in [3.8, 4) is 0 Å². The van der Waals surface area contributed by atoms with Gasteiger partial charge in [-0.2, -0.15) is 13.2 Å². The molecule has 0 bridgehead atoms. The van der Waals surface area contributed by atoms with E-state index < -0.39 is 12.6 Å². The third-order valence-corrected chi connectivity index (χ3v) is 2.60. The summed E-state index contributed by atoms with van der Waals surface area (Å²) < 4.78 is 40.9. The van der Waals surface area contributed by atoms with Crippen molar-refractivity contribution in [1.82, 2.24) is 0 Å². The number of hydrogen-bond donors (Lipinski definition) is 0. The highest BCUT2D eigenvalue weighted by Gasteiger charge is 2.27. The van der Waals surface area contributed by atoms with Crippen LogP contribution in [-0.2, 0) is 4.74 Å². The lowest BCUT2D eigenvalue weighted by Crippen LogP contribution is -2.14. The van der Waals surface area contributed by atoms with E-state index in [9.17, 15) is 13.2 Å². The molecule has 0 aromatic heterocycles. The molecule has 1 aromatic carbocycles. The van der Waals surface area contributed by atoms with Gasteiger partial charge in [-0.25, -0.2) is 0 Å². The summed E-state index contributed by atoms with van der Waals surface area (Å²) in [6.45, 7) is -0.311. The van der Waals surface area contributed by atoms with Crippen LogP contribution in [0.15, 0.2) is 30.3 Å². The van der Waals surface area contributed by atoms with Crippen LogP contribution in [0.2, 0.25) is 0 Å². The van der Waals surface area contributed by atoms with Crippen molar-refractivity contribution in [1.29, 1.82) is 0 Å². The Bertz CT molecular complexity index is 300. The molecular weight excluding hydrogens is 285 g/mol. The molecular formula is C11H12BrF3O. The molecule has 0 saturated carbocycles. The topological polar surface area (TPSA) is 9.23 Å². The number of alkyl halides is 4. The van der Waals surface area contributed by atoms with Crippen LogP contribution < -0.4 is 0 Å². The highest BCUT2D eigenvalue weighted by Crippen LogP contribution is 2.23. The van der Waals surface area contributed by atoms with E-state index in [-0.39, 0.29) is 12.7 Å². The Balaban J connectivity index is 2.45. The lowest BCUT2D eigenvalue weighted by atomic mass is 10.1. The third kappa shape index (κ3) is 4.99. The Hall–Kier alpha value is -0.550. The van der Waals surface area contributed by atoms with Gasteiger partial charge in [0.05, 0.1) is 19.1 Å². The van der Waals surface area contributed by atoms with E-state index in [1.54, 1.807) is 0 Å². The first-order valence-electron chi connectivity index (χ1n) is 4.82. The van der Waals surface area contributed by atoms with Gasteiger partial charge in [0.15, 0.2) is 0 Å². The Labute approximate surface area is 101 Å². The van der Waals surface area contributed by atoms with Crippen LogP contribution in [0.25, 0.3) is 0 Å². The first-order valence-corrected chi connectivity index (χ1v) is 5.94. The van der Waals surface area contributed by atoms with Gasteiger partial charge in [0.25, 0.3) is 0 Å². The second kappa shape index (κ2) is 6.25. The van der Waals surface area contributed by atoms with Gasteiger partial charge in [0, 0.05) is 5.33 Å². The molecule has 16 heavy (non-hydrogen) atoms. The maximum Gasteiger partial charge on any atom is 0.391 e. The van der Waals surface area contributed by atoms with Gasteiger partial charge in [0.1, 0.15) is 0 Å². The highest BCUT2D eigenvalue weighted by atomic mass is 79.9. The van der Waals surface area contributed by atoms with Gasteiger partial charge in [0.2, 0.25) is 0 Å². The molecule has 0 saturated heterocycles. The Morgan fingerprint density at radius 2 is 1.81 bits per heavy atom. The molecule has 0 aliphatic carbocycles. The molecule has 0 aliphatic heterocycles. The van der Waals surface area contributed by atoms with E-state index in [1.165, 1.54) is 0 Å². The second-order valence-corrected chi connectivity index (χ2v) is 3.94. The second-order valence-electron chi connectivity index (χ2n) is 3.29. The minimum Gasteiger partial charge on any atom is -0.372 e. The third-order valence-electron chi connectivity index (χ3n) is 2.02. The van der Waals surface area contributed by atoms with E-state index in [2.05, 4.69) is 15.9 Å². The van der Waals surface area contributed by atoms with Crippen LogP contribution in [-0.4, -0.2) is 18.1 Å². The summed E-state index contributed by atoms with van der Waals surface area (Å²) in [5, 5.41) is 0.481. The molecule has 1 atom stereocenters. The van der Waals surface area contributed by atoms with Gasteiger partial charge in [-0.15, -0.1) is 0 Å². The van der Waals surface area contributed by atoms with Crippen molar-refractivity contribution in [2.75, 3.05) is 11.9 Å². The van der Waals surface area contributed by atoms with Gasteiger partial charge in [-0.3, -0.25) is 0 Å². The fraction of sp³-hybridized carbons (Fsp3) is 0.455. The molecule has 1 unspecified atom stereocenters. The van der Waals surface area contributed by atoms with Crippen molar-refractivity contribution < 1.29 is 17.9 Å². The minimum absolute atomic E-state index is 0.311. The standard InChI is InChI=1S/C11H12BrF3O/c12-8-10(9-4-2-1-3-5-9)16-7-6-11(13,14)15/h1-5,10H,6-8H2. The normalized spacial score (nSPS) is 13.8. The average Bonchev–Trinajstić information content (AvgIpc) is 2.24. The number of benzene rings is 1. The quantitative estimate of drug-likeness (QED) is 0.744. The predicted molar refractivity (Wildman–Crippen MR) is 59.6 cm³/mol. The zero-order valence-electron chi connectivity index (χ0n) is 8.51. The fourth-order valence-electron chi connectivity index (χ4n) is 1.21. The lowest BCUT2D eigenvalue weighted by molar-refractivity contribution is -0.148. The molecule has 0 fully saturated rings. The smallest absolute Gasteiger partial charge is 0.372 e. The summed E-state index contributed by atoms with van der Waals surface area (Å²) >= 11 is 3.23. The number of rotatable bonds is 5. The molecule has 0 spiro atoms. The maximum atomic E-state index is 11.9. The van der Waals surface area contributed by atoms with Crippen molar-refractivity contribution in [3.05, 3.63) is 35.9 Å². The van der Waals surface area contributed by atoms with E-state index in [4.69, 9.17) is 4.74 Å². The Morgan fingerprint density at radius 1 is 1.19 bits per heavy atom. The van der Waals surface area contributed by atoms with E-state index in [0.29, 0.717) is 5.33 Å². The molecule has 1 rings (SSSR count). The van der Waals surface area contributed by atoms with Gasteiger partial charge < -0.3 is 4.74 Å². The van der Waals surface area contributed by atoms with Gasteiger partial charge in [-0.1, -0.05) is 46.3 Å². The van der Waals surface area contributed by atoms with Crippen LogP contribution >= 0.6 is 15.9 Å². The SMILES string of the molecule is FC(F)(F)CCOC(CBr)c1ccccc1. The maximum absolute atomic E-state index is 11.9. The van der Waals surface area contributed by atoms with Crippen molar-refractivity contribution in [2.45, 2.75) is 18.7 Å². The van der Waals surface area contributed by atoms with E-state index >= 15 is 0 Å². The van der Waals surface area contributed by atoms with Crippen molar-refractivity contribution in [2.24, 2.45) is 0 Å². The average molecular weight is 297 g/mol. The van der Waals surface area contributed by atoms with Crippen molar-refractivity contribution in [3.63, 3.8) is 0 Å². The van der Waals surface area contributed by atoms with Crippen molar-refractivity contribution >= 4 is 15.9 Å². The van der Waals surface area contributed by atoms with Crippen LogP contribution in [0.3, 0.4) is 0 Å². The molecule has 5 heteroatoms. The molecule has 0 N–H and O–H groups in total. The Kier molecular flexibility index (Phi) is 5.28. The molecule has 0 amide bonds. The van der Waals surface area contributed by atoms with E-state index in [1.807, 2.05) is 30.3 Å². The summed E-state index contributed by atoms with van der Waals surface area (Å²) in [6.07, 6.45) is -5.40. The number of halogens is 4.